The van der Waals surface area contributed by atoms with E-state index in [-0.39, 0.29) is 18.2 Å². The van der Waals surface area contributed by atoms with E-state index in [9.17, 15) is 9.59 Å². The molecule has 1 aromatic carbocycles. The average Bonchev–Trinajstić information content (AvgIpc) is 3.22. The molecular weight excluding hydrogens is 404 g/mol. The summed E-state index contributed by atoms with van der Waals surface area (Å²) in [5.74, 6) is 0.626. The van der Waals surface area contributed by atoms with Gasteiger partial charge in [0, 0.05) is 38.6 Å². The van der Waals surface area contributed by atoms with Gasteiger partial charge in [-0.25, -0.2) is 0 Å². The van der Waals surface area contributed by atoms with Gasteiger partial charge in [0.25, 0.3) is 0 Å². The highest BCUT2D eigenvalue weighted by Gasteiger charge is 2.16. The number of unbranched alkanes of at least 4 members (excludes halogenated alkanes) is 2. The first-order valence-electron chi connectivity index (χ1n) is 10.1. The molecule has 9 heteroatoms. The number of carbonyl (C=O) groups is 2. The van der Waals surface area contributed by atoms with Crippen LogP contribution in [0, 0.1) is 0 Å². The van der Waals surface area contributed by atoms with Gasteiger partial charge in [0.15, 0.2) is 0 Å². The van der Waals surface area contributed by atoms with Gasteiger partial charge in [-0.2, -0.15) is 0 Å². The normalized spacial score (nSPS) is 10.6. The van der Waals surface area contributed by atoms with E-state index < -0.39 is 0 Å². The minimum atomic E-state index is -0.198. The van der Waals surface area contributed by atoms with Gasteiger partial charge in [0.1, 0.15) is 10.8 Å². The third-order valence-corrected chi connectivity index (χ3v) is 5.42. The van der Waals surface area contributed by atoms with Crippen molar-refractivity contribution in [3.63, 3.8) is 0 Å². The molecule has 0 aliphatic carbocycles. The van der Waals surface area contributed by atoms with Crippen molar-refractivity contribution < 1.29 is 19.1 Å². The first-order chi connectivity index (χ1) is 14.6. The molecule has 8 nitrogen and oxygen atoms in total. The highest BCUT2D eigenvalue weighted by Crippen LogP contribution is 2.27. The van der Waals surface area contributed by atoms with Crippen LogP contribution in [0.3, 0.4) is 0 Å². The number of nitrogens with zero attached hydrogens (tertiary/aromatic N) is 3. The summed E-state index contributed by atoms with van der Waals surface area (Å²) in [7, 11) is 3.21. The number of benzene rings is 1. The van der Waals surface area contributed by atoms with Gasteiger partial charge in [-0.3, -0.25) is 9.59 Å². The van der Waals surface area contributed by atoms with Crippen LogP contribution >= 0.6 is 11.3 Å². The predicted molar refractivity (Wildman–Crippen MR) is 118 cm³/mol. The Kier molecular flexibility index (Phi) is 10.2. The molecule has 2 amide bonds. The fourth-order valence-electron chi connectivity index (χ4n) is 2.79. The van der Waals surface area contributed by atoms with Crippen LogP contribution in [-0.2, 0) is 14.3 Å². The van der Waals surface area contributed by atoms with Gasteiger partial charge >= 0.3 is 0 Å². The molecule has 2 aromatic rings. The Balaban J connectivity index is 1.87. The summed E-state index contributed by atoms with van der Waals surface area (Å²) in [6.07, 6.45) is 3.65. The first-order valence-corrected chi connectivity index (χ1v) is 10.9. The van der Waals surface area contributed by atoms with Gasteiger partial charge < -0.3 is 19.7 Å². The standard InChI is InChI=1S/C21H30N4O4S/c1-4-5-6-7-19(27)25(14-15-28-2)13-12-18(26)22-21-24-23-20(30-21)16-8-10-17(29-3)11-9-16/h8-11H,4-7,12-15H2,1-3H3,(H,22,24,26). The van der Waals surface area contributed by atoms with E-state index in [1.165, 1.54) is 11.3 Å². The molecule has 0 bridgehead atoms. The van der Waals surface area contributed by atoms with Crippen molar-refractivity contribution in [2.24, 2.45) is 0 Å². The molecule has 0 saturated carbocycles. The smallest absolute Gasteiger partial charge is 0.227 e. The zero-order valence-corrected chi connectivity index (χ0v) is 18.7. The number of hydrogen-bond acceptors (Lipinski definition) is 7. The topological polar surface area (TPSA) is 93.7 Å². The molecule has 0 fully saturated rings. The zero-order chi connectivity index (χ0) is 21.8. The zero-order valence-electron chi connectivity index (χ0n) is 17.8. The lowest BCUT2D eigenvalue weighted by molar-refractivity contribution is -0.132. The van der Waals surface area contributed by atoms with E-state index in [1.54, 1.807) is 19.1 Å². The molecule has 2 rings (SSSR count). The Bertz CT molecular complexity index is 795. The SMILES string of the molecule is CCCCCC(=O)N(CCOC)CCC(=O)Nc1nnc(-c2ccc(OC)cc2)s1. The fourth-order valence-corrected chi connectivity index (χ4v) is 3.55. The maximum absolute atomic E-state index is 12.4. The molecule has 0 aliphatic rings. The van der Waals surface area contributed by atoms with Crippen LogP contribution in [0.4, 0.5) is 5.13 Å². The summed E-state index contributed by atoms with van der Waals surface area (Å²) in [6.45, 7) is 3.38. The third-order valence-electron chi connectivity index (χ3n) is 4.53. The second-order valence-electron chi connectivity index (χ2n) is 6.77. The van der Waals surface area contributed by atoms with Crippen molar-refractivity contribution in [1.29, 1.82) is 0 Å². The summed E-state index contributed by atoms with van der Waals surface area (Å²) in [6, 6.07) is 7.48. The van der Waals surface area contributed by atoms with Gasteiger partial charge in [-0.15, -0.1) is 10.2 Å². The van der Waals surface area contributed by atoms with Crippen LogP contribution in [-0.4, -0.2) is 60.8 Å². The van der Waals surface area contributed by atoms with Gasteiger partial charge in [-0.05, 0) is 30.7 Å². The molecule has 0 spiro atoms. The maximum atomic E-state index is 12.4. The van der Waals surface area contributed by atoms with Crippen molar-refractivity contribution in [2.75, 3.05) is 39.2 Å². The summed E-state index contributed by atoms with van der Waals surface area (Å²) >= 11 is 1.30. The molecule has 0 unspecified atom stereocenters. The van der Waals surface area contributed by atoms with Gasteiger partial charge in [0.05, 0.1) is 13.7 Å². The van der Waals surface area contributed by atoms with Crippen molar-refractivity contribution in [2.45, 2.75) is 39.0 Å². The molecule has 1 aromatic heterocycles. The molecule has 164 valence electrons. The van der Waals surface area contributed by atoms with Crippen LogP contribution in [0.2, 0.25) is 0 Å². The van der Waals surface area contributed by atoms with Crippen LogP contribution in [0.15, 0.2) is 24.3 Å². The number of rotatable bonds is 13. The van der Waals surface area contributed by atoms with Crippen molar-refractivity contribution in [1.82, 2.24) is 15.1 Å². The van der Waals surface area contributed by atoms with Crippen LogP contribution in [0.25, 0.3) is 10.6 Å². The van der Waals surface area contributed by atoms with Gasteiger partial charge in [-0.1, -0.05) is 31.1 Å². The number of aromatic nitrogens is 2. The Morgan fingerprint density at radius 1 is 1.07 bits per heavy atom. The minimum Gasteiger partial charge on any atom is -0.497 e. The van der Waals surface area contributed by atoms with Crippen LogP contribution in [0.5, 0.6) is 5.75 Å². The van der Waals surface area contributed by atoms with E-state index in [2.05, 4.69) is 22.4 Å². The quantitative estimate of drug-likeness (QED) is 0.484. The van der Waals surface area contributed by atoms with Gasteiger partial charge in [0.2, 0.25) is 16.9 Å². The third kappa shape index (κ3) is 7.72. The predicted octanol–water partition coefficient (Wildman–Crippen LogP) is 3.60. The molecule has 1 N–H and O–H groups in total. The maximum Gasteiger partial charge on any atom is 0.227 e. The summed E-state index contributed by atoms with van der Waals surface area (Å²) in [5, 5.41) is 12.1. The van der Waals surface area contributed by atoms with E-state index in [0.29, 0.717) is 36.3 Å². The second-order valence-corrected chi connectivity index (χ2v) is 7.75. The molecule has 30 heavy (non-hydrogen) atoms. The second kappa shape index (κ2) is 12.9. The number of amides is 2. The minimum absolute atomic E-state index is 0.0611. The Labute approximate surface area is 181 Å². The highest BCUT2D eigenvalue weighted by molar-refractivity contribution is 7.18. The number of nitrogens with one attached hydrogen (secondary N) is 1. The molecule has 0 aliphatic heterocycles. The van der Waals surface area contributed by atoms with E-state index in [1.807, 2.05) is 24.3 Å². The number of carbonyl (C=O) groups excluding carboxylic acids is 2. The van der Waals surface area contributed by atoms with E-state index in [0.717, 1.165) is 30.6 Å². The molecule has 0 saturated heterocycles. The van der Waals surface area contributed by atoms with Crippen LogP contribution in [0.1, 0.15) is 39.0 Å². The Morgan fingerprint density at radius 3 is 2.50 bits per heavy atom. The highest BCUT2D eigenvalue weighted by atomic mass is 32.1. The fraction of sp³-hybridized carbons (Fsp3) is 0.524. The lowest BCUT2D eigenvalue weighted by atomic mass is 10.2. The molecule has 0 radical (unpaired) electrons. The van der Waals surface area contributed by atoms with Crippen molar-refractivity contribution in [3.05, 3.63) is 24.3 Å². The van der Waals surface area contributed by atoms with Crippen molar-refractivity contribution >= 4 is 28.3 Å². The Hall–Kier alpha value is -2.52. The summed E-state index contributed by atoms with van der Waals surface area (Å²) in [5.41, 5.74) is 0.900. The van der Waals surface area contributed by atoms with E-state index in [4.69, 9.17) is 9.47 Å². The number of hydrogen-bond donors (Lipinski definition) is 1. The number of anilines is 1. The summed E-state index contributed by atoms with van der Waals surface area (Å²) < 4.78 is 10.2. The molecule has 1 heterocycles. The van der Waals surface area contributed by atoms with E-state index >= 15 is 0 Å². The molecular formula is C21H30N4O4S. The lowest BCUT2D eigenvalue weighted by Crippen LogP contribution is -2.36. The van der Waals surface area contributed by atoms with Crippen LogP contribution < -0.4 is 10.1 Å². The number of ether oxygens (including phenoxy) is 2. The van der Waals surface area contributed by atoms with Crippen molar-refractivity contribution in [3.8, 4) is 16.3 Å². The Morgan fingerprint density at radius 2 is 1.83 bits per heavy atom. The lowest BCUT2D eigenvalue weighted by Gasteiger charge is -2.22. The number of methoxy groups -OCH3 is 2. The average molecular weight is 435 g/mol. The largest absolute Gasteiger partial charge is 0.497 e. The first kappa shape index (κ1) is 23.8. The monoisotopic (exact) mass is 434 g/mol. The summed E-state index contributed by atoms with van der Waals surface area (Å²) in [4.78, 5) is 26.5. The molecule has 0 atom stereocenters.